The summed E-state index contributed by atoms with van der Waals surface area (Å²) in [6.07, 6.45) is 0.695. The van der Waals surface area contributed by atoms with Crippen molar-refractivity contribution < 1.29 is 13.2 Å². The van der Waals surface area contributed by atoms with Gasteiger partial charge >= 0.3 is 0 Å². The molecule has 6 nitrogen and oxygen atoms in total. The van der Waals surface area contributed by atoms with Gasteiger partial charge < -0.3 is 5.32 Å². The fourth-order valence-corrected chi connectivity index (χ4v) is 4.57. The van der Waals surface area contributed by atoms with Gasteiger partial charge in [-0.15, -0.1) is 11.3 Å². The first-order valence-corrected chi connectivity index (χ1v) is 11.6. The van der Waals surface area contributed by atoms with E-state index in [9.17, 15) is 13.2 Å². The van der Waals surface area contributed by atoms with Gasteiger partial charge in [-0.1, -0.05) is 19.1 Å². The summed E-state index contributed by atoms with van der Waals surface area (Å²) in [4.78, 5) is 17.1. The number of thiazole rings is 1. The van der Waals surface area contributed by atoms with Crippen LogP contribution in [-0.2, 0) is 10.0 Å². The van der Waals surface area contributed by atoms with Crippen LogP contribution in [0.2, 0.25) is 0 Å². The summed E-state index contributed by atoms with van der Waals surface area (Å²) in [5.74, 6) is -0.305. The third kappa shape index (κ3) is 5.29. The molecule has 3 aromatic rings. The van der Waals surface area contributed by atoms with Crippen LogP contribution in [0.1, 0.15) is 35.6 Å². The summed E-state index contributed by atoms with van der Waals surface area (Å²) in [7, 11) is -3.59. The molecule has 0 aliphatic rings. The molecule has 0 aliphatic carbocycles. The fourth-order valence-electron chi connectivity index (χ4n) is 2.63. The van der Waals surface area contributed by atoms with E-state index in [0.29, 0.717) is 17.7 Å². The second kappa shape index (κ2) is 8.86. The van der Waals surface area contributed by atoms with E-state index in [2.05, 4.69) is 15.0 Å². The molecule has 3 rings (SSSR count). The number of benzene rings is 2. The lowest BCUT2D eigenvalue weighted by molar-refractivity contribution is 0.102. The molecule has 0 saturated heterocycles. The molecule has 0 aliphatic heterocycles. The van der Waals surface area contributed by atoms with Gasteiger partial charge in [0.05, 0.1) is 15.6 Å². The maximum atomic E-state index is 12.5. The number of hydrogen-bond donors (Lipinski definition) is 2. The zero-order chi connectivity index (χ0) is 21.0. The van der Waals surface area contributed by atoms with Crippen LogP contribution in [0.3, 0.4) is 0 Å². The standard InChI is InChI=1S/C21H23N3O3S2/c1-4-14(2)24-29(26,27)19-11-7-17(8-12-19)21(25)23-18-9-5-16(6-10-18)20-13-28-15(3)22-20/h5-14,24H,4H2,1-3H3,(H,23,25). The zero-order valence-corrected chi connectivity index (χ0v) is 18.1. The molecule has 2 aromatic carbocycles. The van der Waals surface area contributed by atoms with Crippen molar-refractivity contribution in [1.82, 2.24) is 9.71 Å². The number of carbonyl (C=O) groups is 1. The molecule has 0 spiro atoms. The number of aromatic nitrogens is 1. The van der Waals surface area contributed by atoms with Crippen molar-refractivity contribution in [3.05, 3.63) is 64.5 Å². The van der Waals surface area contributed by atoms with E-state index < -0.39 is 10.0 Å². The number of rotatable bonds is 7. The highest BCUT2D eigenvalue weighted by Crippen LogP contribution is 2.23. The van der Waals surface area contributed by atoms with Gasteiger partial charge in [-0.3, -0.25) is 4.79 Å². The summed E-state index contributed by atoms with van der Waals surface area (Å²) in [6, 6.07) is 13.2. The largest absolute Gasteiger partial charge is 0.322 e. The second-order valence-corrected chi connectivity index (χ2v) is 9.51. The van der Waals surface area contributed by atoms with Crippen molar-refractivity contribution in [2.24, 2.45) is 0 Å². The molecule has 8 heteroatoms. The van der Waals surface area contributed by atoms with E-state index in [0.717, 1.165) is 16.3 Å². The van der Waals surface area contributed by atoms with Gasteiger partial charge in [0.2, 0.25) is 10.0 Å². The smallest absolute Gasteiger partial charge is 0.255 e. The summed E-state index contributed by atoms with van der Waals surface area (Å²) < 4.78 is 27.2. The average molecular weight is 430 g/mol. The third-order valence-electron chi connectivity index (χ3n) is 4.45. The van der Waals surface area contributed by atoms with Gasteiger partial charge in [-0.25, -0.2) is 18.1 Å². The Labute approximate surface area is 175 Å². The Balaban J connectivity index is 1.68. The highest BCUT2D eigenvalue weighted by molar-refractivity contribution is 7.89. The minimum atomic E-state index is -3.59. The molecule has 1 amide bonds. The van der Waals surface area contributed by atoms with Crippen molar-refractivity contribution in [2.45, 2.75) is 38.1 Å². The molecule has 2 N–H and O–H groups in total. The number of amides is 1. The Morgan fingerprint density at radius 1 is 1.10 bits per heavy atom. The third-order valence-corrected chi connectivity index (χ3v) is 6.83. The first-order chi connectivity index (χ1) is 13.8. The van der Waals surface area contributed by atoms with Crippen LogP contribution in [0.15, 0.2) is 58.8 Å². The Morgan fingerprint density at radius 3 is 2.31 bits per heavy atom. The molecule has 29 heavy (non-hydrogen) atoms. The number of anilines is 1. The Morgan fingerprint density at radius 2 is 1.76 bits per heavy atom. The topological polar surface area (TPSA) is 88.2 Å². The van der Waals surface area contributed by atoms with Crippen LogP contribution < -0.4 is 10.0 Å². The minimum absolute atomic E-state index is 0.136. The molecule has 0 saturated carbocycles. The van der Waals surface area contributed by atoms with Crippen LogP contribution in [-0.4, -0.2) is 25.4 Å². The number of carbonyl (C=O) groups excluding carboxylic acids is 1. The monoisotopic (exact) mass is 429 g/mol. The summed E-state index contributed by atoms with van der Waals surface area (Å²) >= 11 is 1.59. The molecule has 1 atom stereocenters. The SMILES string of the molecule is CCC(C)NS(=O)(=O)c1ccc(C(=O)Nc2ccc(-c3csc(C)n3)cc2)cc1. The molecule has 1 unspecified atom stereocenters. The number of hydrogen-bond acceptors (Lipinski definition) is 5. The number of aryl methyl sites for hydroxylation is 1. The lowest BCUT2D eigenvalue weighted by Crippen LogP contribution is -2.32. The van der Waals surface area contributed by atoms with Gasteiger partial charge in [0.25, 0.3) is 5.91 Å². The first kappa shape index (κ1) is 21.2. The summed E-state index contributed by atoms with van der Waals surface area (Å²) in [5.41, 5.74) is 2.93. The van der Waals surface area contributed by atoms with Crippen molar-refractivity contribution in [1.29, 1.82) is 0 Å². The Kier molecular flexibility index (Phi) is 6.46. The number of sulfonamides is 1. The van der Waals surface area contributed by atoms with Crippen LogP contribution in [0.5, 0.6) is 0 Å². The maximum Gasteiger partial charge on any atom is 0.255 e. The van der Waals surface area contributed by atoms with E-state index in [1.165, 1.54) is 24.3 Å². The first-order valence-electron chi connectivity index (χ1n) is 9.25. The molecular weight excluding hydrogens is 406 g/mol. The lowest BCUT2D eigenvalue weighted by Gasteiger charge is -2.12. The van der Waals surface area contributed by atoms with Gasteiger partial charge in [0, 0.05) is 28.2 Å². The van der Waals surface area contributed by atoms with Gasteiger partial charge in [-0.05, 0) is 56.7 Å². The summed E-state index contributed by atoms with van der Waals surface area (Å²) in [6.45, 7) is 5.67. The molecule has 0 bridgehead atoms. The van der Waals surface area contributed by atoms with Crippen molar-refractivity contribution in [2.75, 3.05) is 5.32 Å². The fraction of sp³-hybridized carbons (Fsp3) is 0.238. The van der Waals surface area contributed by atoms with Gasteiger partial charge in [-0.2, -0.15) is 0 Å². The Hall–Kier alpha value is -2.55. The molecular formula is C21H23N3O3S2. The average Bonchev–Trinajstić information content (AvgIpc) is 3.14. The quantitative estimate of drug-likeness (QED) is 0.581. The maximum absolute atomic E-state index is 12.5. The number of nitrogens with zero attached hydrogens (tertiary/aromatic N) is 1. The van der Waals surface area contributed by atoms with Crippen LogP contribution in [0, 0.1) is 6.92 Å². The van der Waals surface area contributed by atoms with E-state index in [1.54, 1.807) is 18.3 Å². The highest BCUT2D eigenvalue weighted by atomic mass is 32.2. The normalized spacial score (nSPS) is 12.5. The van der Waals surface area contributed by atoms with E-state index in [4.69, 9.17) is 0 Å². The molecule has 1 heterocycles. The predicted octanol–water partition coefficient (Wildman–Crippen LogP) is 4.45. The summed E-state index contributed by atoms with van der Waals surface area (Å²) in [5, 5.41) is 5.82. The van der Waals surface area contributed by atoms with Crippen molar-refractivity contribution in [3.8, 4) is 11.3 Å². The predicted molar refractivity (Wildman–Crippen MR) is 117 cm³/mol. The highest BCUT2D eigenvalue weighted by Gasteiger charge is 2.17. The molecule has 0 radical (unpaired) electrons. The van der Waals surface area contributed by atoms with Crippen molar-refractivity contribution >= 4 is 33.0 Å². The van der Waals surface area contributed by atoms with Crippen molar-refractivity contribution in [3.63, 3.8) is 0 Å². The molecule has 0 fully saturated rings. The van der Waals surface area contributed by atoms with E-state index in [-0.39, 0.29) is 16.8 Å². The van der Waals surface area contributed by atoms with Crippen LogP contribution >= 0.6 is 11.3 Å². The lowest BCUT2D eigenvalue weighted by atomic mass is 10.1. The molecule has 1 aromatic heterocycles. The van der Waals surface area contributed by atoms with Gasteiger partial charge in [0.1, 0.15) is 0 Å². The minimum Gasteiger partial charge on any atom is -0.322 e. The number of nitrogens with one attached hydrogen (secondary N) is 2. The molecule has 152 valence electrons. The van der Waals surface area contributed by atoms with E-state index >= 15 is 0 Å². The van der Waals surface area contributed by atoms with Gasteiger partial charge in [0.15, 0.2) is 0 Å². The second-order valence-electron chi connectivity index (χ2n) is 6.74. The Bertz CT molecular complexity index is 1090. The van der Waals surface area contributed by atoms with Crippen LogP contribution in [0.4, 0.5) is 5.69 Å². The van der Waals surface area contributed by atoms with Crippen LogP contribution in [0.25, 0.3) is 11.3 Å². The zero-order valence-electron chi connectivity index (χ0n) is 16.5. The van der Waals surface area contributed by atoms with E-state index in [1.807, 2.05) is 43.5 Å².